The summed E-state index contributed by atoms with van der Waals surface area (Å²) in [5, 5.41) is 8.31. The Labute approximate surface area is 160 Å². The molecule has 3 heterocycles. The lowest BCUT2D eigenvalue weighted by Gasteiger charge is -2.04. The van der Waals surface area contributed by atoms with Gasteiger partial charge in [0.2, 0.25) is 0 Å². The molecule has 0 aliphatic rings. The van der Waals surface area contributed by atoms with Crippen molar-refractivity contribution in [2.45, 2.75) is 6.42 Å². The molecule has 9 nitrogen and oxygen atoms in total. The van der Waals surface area contributed by atoms with Gasteiger partial charge in [-0.15, -0.1) is 5.10 Å². The van der Waals surface area contributed by atoms with E-state index in [1.165, 1.54) is 7.11 Å². The lowest BCUT2D eigenvalue weighted by molar-refractivity contribution is 0.0590. The second kappa shape index (κ2) is 7.10. The smallest absolute Gasteiger partial charge is 0.354 e. The molecule has 28 heavy (non-hydrogen) atoms. The maximum atomic E-state index is 11.8. The molecule has 4 rings (SSSR count). The summed E-state index contributed by atoms with van der Waals surface area (Å²) in [7, 11) is 4.77. The largest absolute Gasteiger partial charge is 0.497 e. The molecule has 0 aliphatic heterocycles. The molecule has 0 atom stereocenters. The van der Waals surface area contributed by atoms with Crippen molar-refractivity contribution in [1.29, 1.82) is 0 Å². The summed E-state index contributed by atoms with van der Waals surface area (Å²) in [6, 6.07) is 9.24. The van der Waals surface area contributed by atoms with E-state index in [1.807, 2.05) is 30.5 Å². The molecule has 0 amide bonds. The minimum Gasteiger partial charge on any atom is -0.497 e. The molecular formula is C19H18N6O3. The Hall–Kier alpha value is -3.75. The van der Waals surface area contributed by atoms with Gasteiger partial charge in [0.1, 0.15) is 17.3 Å². The number of carbonyl (C=O) groups is 1. The standard InChI is InChI=1S/C19H18N6O3/c1-24-11-12(8-16(24)19(26)28-3)9-17-20-10-15-18(21-17)25(23-22-15)13-4-6-14(27-2)7-5-13/h4-8,10-11H,9H2,1-3H3. The number of rotatable bonds is 5. The van der Waals surface area contributed by atoms with Crippen molar-refractivity contribution in [2.24, 2.45) is 7.05 Å². The van der Waals surface area contributed by atoms with Crippen LogP contribution >= 0.6 is 0 Å². The molecule has 0 saturated heterocycles. The van der Waals surface area contributed by atoms with Gasteiger partial charge >= 0.3 is 5.97 Å². The van der Waals surface area contributed by atoms with Crippen molar-refractivity contribution in [1.82, 2.24) is 29.5 Å². The molecule has 0 N–H and O–H groups in total. The number of hydrogen-bond acceptors (Lipinski definition) is 7. The van der Waals surface area contributed by atoms with Crippen molar-refractivity contribution < 1.29 is 14.3 Å². The molecule has 1 aromatic carbocycles. The Morgan fingerprint density at radius 3 is 2.68 bits per heavy atom. The van der Waals surface area contributed by atoms with Gasteiger partial charge in [0.05, 0.1) is 26.1 Å². The summed E-state index contributed by atoms with van der Waals surface area (Å²) in [4.78, 5) is 20.8. The number of aryl methyl sites for hydroxylation is 1. The van der Waals surface area contributed by atoms with Crippen LogP contribution in [-0.4, -0.2) is 49.7 Å². The van der Waals surface area contributed by atoms with Crippen LogP contribution in [0.15, 0.2) is 42.7 Å². The van der Waals surface area contributed by atoms with Gasteiger partial charge in [0, 0.05) is 19.7 Å². The molecule has 0 spiro atoms. The van der Waals surface area contributed by atoms with E-state index in [2.05, 4.69) is 20.3 Å². The van der Waals surface area contributed by atoms with Crippen LogP contribution in [0.4, 0.5) is 0 Å². The Morgan fingerprint density at radius 2 is 1.96 bits per heavy atom. The number of ether oxygens (including phenoxy) is 2. The van der Waals surface area contributed by atoms with Gasteiger partial charge in [0.15, 0.2) is 11.2 Å². The third-order valence-electron chi connectivity index (χ3n) is 4.38. The molecule has 9 heteroatoms. The number of nitrogens with zero attached hydrogens (tertiary/aromatic N) is 6. The second-order valence-electron chi connectivity index (χ2n) is 6.21. The lowest BCUT2D eigenvalue weighted by Crippen LogP contribution is -2.06. The summed E-state index contributed by atoms with van der Waals surface area (Å²) < 4.78 is 13.4. The Bertz CT molecular complexity index is 1150. The Morgan fingerprint density at radius 1 is 1.18 bits per heavy atom. The fourth-order valence-electron chi connectivity index (χ4n) is 2.97. The van der Waals surface area contributed by atoms with Gasteiger partial charge in [-0.1, -0.05) is 5.21 Å². The van der Waals surface area contributed by atoms with Gasteiger partial charge in [0.25, 0.3) is 0 Å². The molecule has 0 radical (unpaired) electrons. The zero-order valence-corrected chi connectivity index (χ0v) is 15.7. The van der Waals surface area contributed by atoms with Crippen LogP contribution in [0, 0.1) is 0 Å². The average Bonchev–Trinajstić information content (AvgIpc) is 3.30. The third kappa shape index (κ3) is 3.18. The fraction of sp³-hybridized carbons (Fsp3) is 0.211. The second-order valence-corrected chi connectivity index (χ2v) is 6.21. The summed E-state index contributed by atoms with van der Waals surface area (Å²) in [6.07, 6.45) is 3.97. The van der Waals surface area contributed by atoms with Crippen LogP contribution in [0.25, 0.3) is 16.9 Å². The molecule has 0 bridgehead atoms. The van der Waals surface area contributed by atoms with Crippen molar-refractivity contribution in [3.8, 4) is 11.4 Å². The number of esters is 1. The first-order chi connectivity index (χ1) is 13.6. The van der Waals surface area contributed by atoms with E-state index in [9.17, 15) is 4.79 Å². The van der Waals surface area contributed by atoms with E-state index in [0.29, 0.717) is 29.1 Å². The number of aromatic nitrogens is 6. The van der Waals surface area contributed by atoms with Crippen molar-refractivity contribution in [3.05, 3.63) is 59.8 Å². The number of hydrogen-bond donors (Lipinski definition) is 0. The molecule has 0 saturated carbocycles. The van der Waals surface area contributed by atoms with E-state index in [0.717, 1.165) is 17.0 Å². The highest BCUT2D eigenvalue weighted by molar-refractivity contribution is 5.87. The van der Waals surface area contributed by atoms with Crippen molar-refractivity contribution >= 4 is 17.1 Å². The Balaban J connectivity index is 1.67. The van der Waals surface area contributed by atoms with E-state index < -0.39 is 0 Å². The van der Waals surface area contributed by atoms with Gasteiger partial charge < -0.3 is 14.0 Å². The van der Waals surface area contributed by atoms with E-state index in [4.69, 9.17) is 9.47 Å². The minimum atomic E-state index is -0.382. The van der Waals surface area contributed by atoms with Gasteiger partial charge in [-0.05, 0) is 35.9 Å². The maximum absolute atomic E-state index is 11.8. The molecular weight excluding hydrogens is 360 g/mol. The highest BCUT2D eigenvalue weighted by atomic mass is 16.5. The first-order valence-electron chi connectivity index (χ1n) is 8.54. The fourth-order valence-corrected chi connectivity index (χ4v) is 2.97. The van der Waals surface area contributed by atoms with Gasteiger partial charge in [-0.2, -0.15) is 4.68 Å². The molecule has 3 aromatic heterocycles. The quantitative estimate of drug-likeness (QED) is 0.490. The van der Waals surface area contributed by atoms with Crippen LogP contribution in [0.2, 0.25) is 0 Å². The van der Waals surface area contributed by atoms with E-state index >= 15 is 0 Å². The highest BCUT2D eigenvalue weighted by Crippen LogP contribution is 2.18. The summed E-state index contributed by atoms with van der Waals surface area (Å²) in [5.41, 5.74) is 3.41. The number of methoxy groups -OCH3 is 2. The molecule has 4 aromatic rings. The topological polar surface area (TPSA) is 97.0 Å². The number of fused-ring (bicyclic) bond motifs is 1. The monoisotopic (exact) mass is 378 g/mol. The number of carbonyl (C=O) groups excluding carboxylic acids is 1. The van der Waals surface area contributed by atoms with Crippen molar-refractivity contribution in [3.63, 3.8) is 0 Å². The summed E-state index contributed by atoms with van der Waals surface area (Å²) >= 11 is 0. The van der Waals surface area contributed by atoms with E-state index in [1.54, 1.807) is 35.7 Å². The lowest BCUT2D eigenvalue weighted by atomic mass is 10.2. The molecule has 0 unspecified atom stereocenters. The average molecular weight is 378 g/mol. The van der Waals surface area contributed by atoms with Crippen LogP contribution in [0.3, 0.4) is 0 Å². The van der Waals surface area contributed by atoms with Crippen molar-refractivity contribution in [2.75, 3.05) is 14.2 Å². The zero-order valence-electron chi connectivity index (χ0n) is 15.7. The van der Waals surface area contributed by atoms with E-state index in [-0.39, 0.29) is 5.97 Å². The first-order valence-corrected chi connectivity index (χ1v) is 8.54. The normalized spacial score (nSPS) is 11.0. The molecule has 0 fully saturated rings. The minimum absolute atomic E-state index is 0.382. The highest BCUT2D eigenvalue weighted by Gasteiger charge is 2.14. The van der Waals surface area contributed by atoms with Crippen LogP contribution in [0.1, 0.15) is 21.9 Å². The van der Waals surface area contributed by atoms with Crippen LogP contribution in [-0.2, 0) is 18.2 Å². The summed E-state index contributed by atoms with van der Waals surface area (Å²) in [6.45, 7) is 0. The Kier molecular flexibility index (Phi) is 4.48. The number of benzene rings is 1. The molecule has 0 aliphatic carbocycles. The van der Waals surface area contributed by atoms with Crippen LogP contribution < -0.4 is 4.74 Å². The SMILES string of the molecule is COC(=O)c1cc(Cc2ncc3nnn(-c4ccc(OC)cc4)c3n2)cn1C. The van der Waals surface area contributed by atoms with Crippen LogP contribution in [0.5, 0.6) is 5.75 Å². The summed E-state index contributed by atoms with van der Waals surface area (Å²) in [5.74, 6) is 0.979. The zero-order chi connectivity index (χ0) is 19.7. The predicted molar refractivity (Wildman–Crippen MR) is 101 cm³/mol. The van der Waals surface area contributed by atoms with Gasteiger partial charge in [-0.3, -0.25) is 0 Å². The predicted octanol–water partition coefficient (Wildman–Crippen LogP) is 1.93. The third-order valence-corrected chi connectivity index (χ3v) is 4.38. The maximum Gasteiger partial charge on any atom is 0.354 e. The molecule has 142 valence electrons. The first kappa shape index (κ1) is 17.7. The van der Waals surface area contributed by atoms with Gasteiger partial charge in [-0.25, -0.2) is 14.8 Å².